The summed E-state index contributed by atoms with van der Waals surface area (Å²) in [6.07, 6.45) is 0. The van der Waals surface area contributed by atoms with Gasteiger partial charge < -0.3 is 25.5 Å². The second kappa shape index (κ2) is 16.2. The van der Waals surface area contributed by atoms with Crippen molar-refractivity contribution < 1.29 is 73.7 Å². The first kappa shape index (κ1) is 40.6. The summed E-state index contributed by atoms with van der Waals surface area (Å²) in [5.41, 5.74) is -16.1. The third-order valence-corrected chi connectivity index (χ3v) is 7.68. The van der Waals surface area contributed by atoms with Gasteiger partial charge in [-0.1, -0.05) is 66.7 Å². The van der Waals surface area contributed by atoms with Gasteiger partial charge in [0.15, 0.2) is 34.5 Å². The smallest absolute Gasteiger partial charge is 0.386 e. The van der Waals surface area contributed by atoms with Crippen molar-refractivity contribution in [3.05, 3.63) is 108 Å². The monoisotopic (exact) mass is 694 g/mol. The molecule has 0 aliphatic rings. The normalized spacial score (nSPS) is 15.5. The average Bonchev–Trinajstić information content (AvgIpc) is 3.12. The number of hydrogen-bond donors (Lipinski definition) is 5. The van der Waals surface area contributed by atoms with Crippen LogP contribution in [-0.4, -0.2) is 101 Å². The number of aliphatic hydroxyl groups excluding tert-OH is 1. The van der Waals surface area contributed by atoms with Crippen LogP contribution in [0.15, 0.2) is 91.0 Å². The van der Waals surface area contributed by atoms with Crippen molar-refractivity contribution >= 4 is 46.6 Å². The Morgan fingerprint density at radius 2 is 0.860 bits per heavy atom. The fraction of sp³-hybridized carbons (Fsp3) is 0.257. The Hall–Kier alpha value is -5.58. The zero-order valence-electron chi connectivity index (χ0n) is 27.2. The first-order valence-electron chi connectivity index (χ1n) is 14.5. The minimum absolute atomic E-state index is 0.318. The summed E-state index contributed by atoms with van der Waals surface area (Å²) in [5, 5.41) is 54.4. The van der Waals surface area contributed by atoms with Crippen LogP contribution in [0.3, 0.4) is 0 Å². The Bertz CT molecular complexity index is 1720. The molecule has 0 heterocycles. The molecule has 0 saturated heterocycles. The third kappa shape index (κ3) is 7.36. The van der Waals surface area contributed by atoms with Crippen LogP contribution in [0.25, 0.3) is 0 Å². The van der Waals surface area contributed by atoms with E-state index in [-0.39, 0.29) is 0 Å². The molecule has 0 amide bonds. The molecule has 3 aromatic carbocycles. The lowest BCUT2D eigenvalue weighted by molar-refractivity contribution is -0.259. The van der Waals surface area contributed by atoms with Gasteiger partial charge in [0, 0.05) is 12.5 Å². The summed E-state index contributed by atoms with van der Waals surface area (Å²) in [6, 6.07) is 22.8. The fourth-order valence-electron chi connectivity index (χ4n) is 4.95. The molecule has 50 heavy (non-hydrogen) atoms. The Morgan fingerprint density at radius 1 is 0.520 bits per heavy atom. The number of carbonyl (C=O) groups is 8. The first-order valence-corrected chi connectivity index (χ1v) is 14.5. The number of carbonyl (C=O) groups excluding carboxylic acids is 8. The number of aliphatic hydroxyl groups is 5. The molecule has 15 nitrogen and oxygen atoms in total. The highest BCUT2D eigenvalue weighted by Crippen LogP contribution is 2.44. The van der Waals surface area contributed by atoms with Crippen molar-refractivity contribution in [2.45, 2.75) is 50.1 Å². The summed E-state index contributed by atoms with van der Waals surface area (Å²) in [7, 11) is 0. The van der Waals surface area contributed by atoms with Crippen LogP contribution in [0.5, 0.6) is 0 Å². The SMILES string of the molecule is CC(=O)C(=O)[C@@](O)(C(C)=O)[C@](O)(C(C)=O)[C@@](O)(C(C)=O)[C@](O)(CO)C(=O)c1ccccc1.O=C(OOC(=O)c1ccccc1)c1ccccc1. The molecule has 0 unspecified atom stereocenters. The van der Waals surface area contributed by atoms with Crippen LogP contribution in [0.2, 0.25) is 0 Å². The summed E-state index contributed by atoms with van der Waals surface area (Å²) < 4.78 is 0. The van der Waals surface area contributed by atoms with E-state index in [1.165, 1.54) is 18.2 Å². The highest BCUT2D eigenvalue weighted by atomic mass is 17.2. The van der Waals surface area contributed by atoms with Gasteiger partial charge in [0.25, 0.3) is 0 Å². The highest BCUT2D eigenvalue weighted by molar-refractivity contribution is 6.45. The van der Waals surface area contributed by atoms with Gasteiger partial charge in [0.2, 0.25) is 22.6 Å². The summed E-state index contributed by atoms with van der Waals surface area (Å²) in [5.74, 6) is -12.1. The second-order valence-corrected chi connectivity index (χ2v) is 10.9. The minimum Gasteiger partial charge on any atom is -0.393 e. The summed E-state index contributed by atoms with van der Waals surface area (Å²) in [6.45, 7) is 0.115. The predicted molar refractivity (Wildman–Crippen MR) is 169 cm³/mol. The molecule has 0 aliphatic heterocycles. The molecule has 0 radical (unpaired) electrons. The van der Waals surface area contributed by atoms with Gasteiger partial charge in [0.1, 0.15) is 0 Å². The zero-order chi connectivity index (χ0) is 38.1. The number of benzene rings is 3. The van der Waals surface area contributed by atoms with Crippen molar-refractivity contribution in [2.24, 2.45) is 0 Å². The Balaban J connectivity index is 0.000000403. The van der Waals surface area contributed by atoms with E-state index >= 15 is 0 Å². The van der Waals surface area contributed by atoms with E-state index in [2.05, 4.69) is 9.78 Å². The van der Waals surface area contributed by atoms with Gasteiger partial charge in [-0.2, -0.15) is 0 Å². The number of hydrogen-bond acceptors (Lipinski definition) is 15. The van der Waals surface area contributed by atoms with E-state index in [1.807, 2.05) is 0 Å². The van der Waals surface area contributed by atoms with E-state index in [9.17, 15) is 63.9 Å². The largest absolute Gasteiger partial charge is 0.393 e. The Labute approximate surface area is 284 Å². The molecule has 0 aromatic heterocycles. The van der Waals surface area contributed by atoms with E-state index in [0.29, 0.717) is 38.8 Å². The molecular weight excluding hydrogens is 660 g/mol. The molecule has 0 fully saturated rings. The van der Waals surface area contributed by atoms with E-state index in [1.54, 1.807) is 60.7 Å². The number of rotatable bonds is 13. The number of Topliss-reactive ketones (excluding diaryl/α,β-unsaturated/α-hetero) is 6. The summed E-state index contributed by atoms with van der Waals surface area (Å²) >= 11 is 0. The quantitative estimate of drug-likeness (QED) is 0.0531. The van der Waals surface area contributed by atoms with Crippen LogP contribution in [0.1, 0.15) is 58.8 Å². The maximum atomic E-state index is 13.1. The molecule has 0 aliphatic carbocycles. The molecule has 4 atom stereocenters. The topological polar surface area (TPSA) is 256 Å². The minimum atomic E-state index is -4.28. The maximum absolute atomic E-state index is 13.1. The van der Waals surface area contributed by atoms with E-state index in [0.717, 1.165) is 12.1 Å². The van der Waals surface area contributed by atoms with Crippen molar-refractivity contribution in [1.82, 2.24) is 0 Å². The molecule has 15 heteroatoms. The lowest BCUT2D eigenvalue weighted by Gasteiger charge is -2.52. The second-order valence-electron chi connectivity index (χ2n) is 10.9. The highest BCUT2D eigenvalue weighted by Gasteiger charge is 2.79. The van der Waals surface area contributed by atoms with Gasteiger partial charge in [-0.25, -0.2) is 19.4 Å². The molecule has 3 rings (SSSR count). The molecule has 0 bridgehead atoms. The van der Waals surface area contributed by atoms with Crippen LogP contribution < -0.4 is 0 Å². The van der Waals surface area contributed by atoms with Crippen LogP contribution in [-0.2, 0) is 33.7 Å². The first-order chi connectivity index (χ1) is 23.3. The lowest BCUT2D eigenvalue weighted by Crippen LogP contribution is -2.86. The van der Waals surface area contributed by atoms with Crippen molar-refractivity contribution in [1.29, 1.82) is 0 Å². The predicted octanol–water partition coefficient (Wildman–Crippen LogP) is 0.327. The van der Waals surface area contributed by atoms with Crippen molar-refractivity contribution in [3.8, 4) is 0 Å². The van der Waals surface area contributed by atoms with Crippen molar-refractivity contribution in [2.75, 3.05) is 6.61 Å². The third-order valence-electron chi connectivity index (χ3n) is 7.68. The van der Waals surface area contributed by atoms with Gasteiger partial charge in [0.05, 0.1) is 17.7 Å². The lowest BCUT2D eigenvalue weighted by atomic mass is 9.56. The van der Waals surface area contributed by atoms with Crippen molar-refractivity contribution in [3.63, 3.8) is 0 Å². The standard InChI is InChI=1S/C21H24O11.C14H10O4/c1-11(23)16(27)19(30,12(2)24)21(32,14(4)26)20(31,13(3)25)18(29,10-22)17(28)15-8-6-5-7-9-15;15-13(11-7-3-1-4-8-11)17-18-14(16)12-9-5-2-6-10-12/h5-9,22,29-32H,10H2,1-4H3;1-10H/t18-,19-,20+,21+;/m0./s1. The van der Waals surface area contributed by atoms with Gasteiger partial charge in [-0.05, 0) is 45.0 Å². The average molecular weight is 695 g/mol. The van der Waals surface area contributed by atoms with Crippen LogP contribution in [0.4, 0.5) is 0 Å². The zero-order valence-corrected chi connectivity index (χ0v) is 27.2. The molecular formula is C35H34O15. The van der Waals surface area contributed by atoms with Crippen LogP contribution in [0, 0.1) is 0 Å². The molecule has 264 valence electrons. The van der Waals surface area contributed by atoms with E-state index in [4.69, 9.17) is 0 Å². The maximum Gasteiger partial charge on any atom is 0.386 e. The molecule has 0 spiro atoms. The molecule has 0 saturated carbocycles. The fourth-order valence-corrected chi connectivity index (χ4v) is 4.95. The number of ketones is 6. The van der Waals surface area contributed by atoms with Gasteiger partial charge in [-0.15, -0.1) is 0 Å². The Kier molecular flexibility index (Phi) is 13.2. The molecule has 3 aromatic rings. The molecule has 5 N–H and O–H groups in total. The Morgan fingerprint density at radius 3 is 1.14 bits per heavy atom. The van der Waals surface area contributed by atoms with E-state index < -0.39 is 81.2 Å². The summed E-state index contributed by atoms with van der Waals surface area (Å²) in [4.78, 5) is 107. The van der Waals surface area contributed by atoms with Crippen LogP contribution >= 0.6 is 0 Å². The van der Waals surface area contributed by atoms with Gasteiger partial charge in [-0.3, -0.25) is 28.8 Å². The van der Waals surface area contributed by atoms with Gasteiger partial charge >= 0.3 is 11.9 Å².